The Balaban J connectivity index is 0.000000174. The zero-order valence-electron chi connectivity index (χ0n) is 17.3. The van der Waals surface area contributed by atoms with E-state index < -0.39 is 5.91 Å². The number of aromatic nitrogens is 4. The van der Waals surface area contributed by atoms with Crippen LogP contribution in [0.1, 0.15) is 23.0 Å². The molecule has 2 aromatic carbocycles. The van der Waals surface area contributed by atoms with Crippen LogP contribution in [0.3, 0.4) is 0 Å². The highest BCUT2D eigenvalue weighted by molar-refractivity contribution is 6.35. The van der Waals surface area contributed by atoms with Crippen LogP contribution in [-0.2, 0) is 6.42 Å². The average molecular weight is 446 g/mol. The van der Waals surface area contributed by atoms with Gasteiger partial charge in [-0.3, -0.25) is 14.2 Å². The van der Waals surface area contributed by atoms with E-state index in [0.29, 0.717) is 21.6 Å². The molecule has 5 aromatic rings. The van der Waals surface area contributed by atoms with Crippen molar-refractivity contribution < 1.29 is 4.79 Å². The molecule has 3 aromatic heterocycles. The summed E-state index contributed by atoms with van der Waals surface area (Å²) in [5.74, 6) is -0.510. The normalized spacial score (nSPS) is 10.7. The van der Waals surface area contributed by atoms with E-state index in [-0.39, 0.29) is 5.56 Å². The van der Waals surface area contributed by atoms with E-state index >= 15 is 0 Å². The van der Waals surface area contributed by atoms with Crippen molar-refractivity contribution >= 4 is 33.9 Å². The molecule has 0 bridgehead atoms. The van der Waals surface area contributed by atoms with Crippen LogP contribution < -0.4 is 11.3 Å². The van der Waals surface area contributed by atoms with E-state index in [0.717, 1.165) is 23.2 Å². The molecule has 0 aliphatic rings. The number of nitrogens with zero attached hydrogens (tertiary/aromatic N) is 4. The number of hydrogen-bond donors (Lipinski definition) is 1. The molecule has 3 heterocycles. The molecule has 7 nitrogen and oxygen atoms in total. The second-order valence-electron chi connectivity index (χ2n) is 6.98. The summed E-state index contributed by atoms with van der Waals surface area (Å²) in [6, 6.07) is 19.0. The highest BCUT2D eigenvalue weighted by atomic mass is 35.5. The molecule has 0 fully saturated rings. The number of primary amides is 1. The molecule has 2 N–H and O–H groups in total. The van der Waals surface area contributed by atoms with Gasteiger partial charge in [0.2, 0.25) is 0 Å². The Morgan fingerprint density at radius 2 is 1.88 bits per heavy atom. The fourth-order valence-corrected chi connectivity index (χ4v) is 3.76. The van der Waals surface area contributed by atoms with Gasteiger partial charge in [0, 0.05) is 23.8 Å². The number of hydrogen-bond acceptors (Lipinski definition) is 4. The summed E-state index contributed by atoms with van der Waals surface area (Å²) in [6.07, 6.45) is 5.48. The Morgan fingerprint density at radius 1 is 1.09 bits per heavy atom. The zero-order chi connectivity index (χ0) is 22.7. The maximum Gasteiger partial charge on any atom is 0.264 e. The van der Waals surface area contributed by atoms with E-state index in [1.807, 2.05) is 55.5 Å². The second kappa shape index (κ2) is 9.03. The van der Waals surface area contributed by atoms with Crippen LogP contribution in [0, 0.1) is 0 Å². The first-order valence-corrected chi connectivity index (χ1v) is 10.4. The largest absolute Gasteiger partial charge is 0.365 e. The molecule has 0 aliphatic carbocycles. The average Bonchev–Trinajstić information content (AvgIpc) is 3.24. The Hall–Kier alpha value is -3.97. The number of amides is 1. The number of halogens is 1. The number of carbonyl (C=O) groups excluding carboxylic acids is 1. The molecule has 0 saturated carbocycles. The minimum Gasteiger partial charge on any atom is -0.365 e. The van der Waals surface area contributed by atoms with Crippen molar-refractivity contribution in [3.63, 3.8) is 0 Å². The molecule has 160 valence electrons. The maximum atomic E-state index is 12.8. The summed E-state index contributed by atoms with van der Waals surface area (Å²) in [5, 5.41) is 5.87. The SMILES string of the molecule is CCc1cc2cccc(Cl)c2c(=O)n1-c1ccccc1.NC(=O)c1cnn2cccnc12. The topological polar surface area (TPSA) is 95.3 Å². The summed E-state index contributed by atoms with van der Waals surface area (Å²) in [5.41, 5.74) is 7.72. The number of nitrogens with two attached hydrogens (primary N) is 1. The molecular weight excluding hydrogens is 426 g/mol. The molecule has 0 unspecified atom stereocenters. The number of fused-ring (bicyclic) bond motifs is 2. The number of aryl methyl sites for hydroxylation is 1. The van der Waals surface area contributed by atoms with Crippen molar-refractivity contribution in [2.24, 2.45) is 5.73 Å². The third-order valence-corrected chi connectivity index (χ3v) is 5.31. The second-order valence-corrected chi connectivity index (χ2v) is 7.39. The van der Waals surface area contributed by atoms with Crippen LogP contribution in [0.15, 0.2) is 84.0 Å². The van der Waals surface area contributed by atoms with Gasteiger partial charge in [-0.25, -0.2) is 9.50 Å². The fourth-order valence-electron chi connectivity index (χ4n) is 3.49. The first-order valence-electron chi connectivity index (χ1n) is 9.98. The number of benzene rings is 2. The van der Waals surface area contributed by atoms with Crippen LogP contribution >= 0.6 is 11.6 Å². The van der Waals surface area contributed by atoms with Crippen molar-refractivity contribution in [2.45, 2.75) is 13.3 Å². The minimum absolute atomic E-state index is 0.0591. The number of carbonyl (C=O) groups is 1. The van der Waals surface area contributed by atoms with Crippen LogP contribution in [0.2, 0.25) is 5.02 Å². The Bertz CT molecular complexity index is 1470. The van der Waals surface area contributed by atoms with Gasteiger partial charge in [0.15, 0.2) is 5.65 Å². The molecule has 32 heavy (non-hydrogen) atoms. The van der Waals surface area contributed by atoms with Crippen molar-refractivity contribution in [1.82, 2.24) is 19.2 Å². The number of para-hydroxylation sites is 1. The van der Waals surface area contributed by atoms with Crippen LogP contribution in [-0.4, -0.2) is 25.1 Å². The lowest BCUT2D eigenvalue weighted by Crippen LogP contribution is -2.22. The van der Waals surface area contributed by atoms with Crippen molar-refractivity contribution in [3.8, 4) is 5.69 Å². The van der Waals surface area contributed by atoms with E-state index in [1.165, 1.54) is 10.7 Å². The Kier molecular flexibility index (Phi) is 6.00. The third-order valence-electron chi connectivity index (χ3n) is 4.99. The Labute approximate surface area is 188 Å². The monoisotopic (exact) mass is 445 g/mol. The van der Waals surface area contributed by atoms with Crippen LogP contribution in [0.4, 0.5) is 0 Å². The first kappa shape index (κ1) is 21.3. The molecule has 0 spiro atoms. The molecule has 0 aliphatic heterocycles. The predicted octanol–water partition coefficient (Wildman–Crippen LogP) is 4.03. The molecule has 1 amide bonds. The van der Waals surface area contributed by atoms with E-state index in [1.54, 1.807) is 29.1 Å². The van der Waals surface area contributed by atoms with E-state index in [2.05, 4.69) is 10.1 Å². The fraction of sp³-hybridized carbons (Fsp3) is 0.0833. The molecule has 0 atom stereocenters. The highest BCUT2D eigenvalue weighted by Gasteiger charge is 2.12. The summed E-state index contributed by atoms with van der Waals surface area (Å²) in [6.45, 7) is 2.05. The number of rotatable bonds is 3. The van der Waals surface area contributed by atoms with Gasteiger partial charge in [0.25, 0.3) is 11.5 Å². The van der Waals surface area contributed by atoms with E-state index in [4.69, 9.17) is 17.3 Å². The molecular formula is C24H20ClN5O2. The van der Waals surface area contributed by atoms with Gasteiger partial charge in [-0.05, 0) is 42.1 Å². The van der Waals surface area contributed by atoms with Crippen molar-refractivity contribution in [2.75, 3.05) is 0 Å². The van der Waals surface area contributed by atoms with E-state index in [9.17, 15) is 9.59 Å². The van der Waals surface area contributed by atoms with Crippen LogP contribution in [0.5, 0.6) is 0 Å². The lowest BCUT2D eigenvalue weighted by molar-refractivity contribution is 0.100. The summed E-state index contributed by atoms with van der Waals surface area (Å²) in [4.78, 5) is 27.6. The van der Waals surface area contributed by atoms with Crippen LogP contribution in [0.25, 0.3) is 22.1 Å². The first-order chi connectivity index (χ1) is 15.5. The molecule has 0 radical (unpaired) electrons. The number of pyridine rings is 1. The van der Waals surface area contributed by atoms with Gasteiger partial charge in [-0.15, -0.1) is 0 Å². The lowest BCUT2D eigenvalue weighted by Gasteiger charge is -2.14. The molecule has 0 saturated heterocycles. The summed E-state index contributed by atoms with van der Waals surface area (Å²) < 4.78 is 3.24. The smallest absolute Gasteiger partial charge is 0.264 e. The summed E-state index contributed by atoms with van der Waals surface area (Å²) in [7, 11) is 0. The molecule has 8 heteroatoms. The van der Waals surface area contributed by atoms with Gasteiger partial charge in [-0.1, -0.05) is 48.9 Å². The van der Waals surface area contributed by atoms with Gasteiger partial charge >= 0.3 is 0 Å². The quantitative estimate of drug-likeness (QED) is 0.453. The zero-order valence-corrected chi connectivity index (χ0v) is 18.0. The summed E-state index contributed by atoms with van der Waals surface area (Å²) >= 11 is 6.20. The van der Waals surface area contributed by atoms with Gasteiger partial charge in [0.1, 0.15) is 5.56 Å². The van der Waals surface area contributed by atoms with Gasteiger partial charge in [0.05, 0.1) is 16.6 Å². The highest BCUT2D eigenvalue weighted by Crippen LogP contribution is 2.22. The third kappa shape index (κ3) is 3.98. The van der Waals surface area contributed by atoms with Crippen molar-refractivity contribution in [1.29, 1.82) is 0 Å². The minimum atomic E-state index is -0.510. The standard InChI is InChI=1S/C17H14ClNO.C7H6N4O/c1-2-13-11-12-7-6-10-15(18)16(12)17(20)19(13)14-8-4-3-5-9-14;8-6(12)5-4-10-11-3-1-2-9-7(5)11/h3-11H,2H2,1H3;1-4H,(H2,8,12). The molecule has 5 rings (SSSR count). The predicted molar refractivity (Wildman–Crippen MR) is 125 cm³/mol. The lowest BCUT2D eigenvalue weighted by atomic mass is 10.1. The Morgan fingerprint density at radius 3 is 2.59 bits per heavy atom. The van der Waals surface area contributed by atoms with Gasteiger partial charge in [-0.2, -0.15) is 5.10 Å². The van der Waals surface area contributed by atoms with Crippen molar-refractivity contribution in [3.05, 3.63) is 106 Å². The van der Waals surface area contributed by atoms with Gasteiger partial charge < -0.3 is 5.73 Å². The maximum absolute atomic E-state index is 12.8.